The Morgan fingerprint density at radius 1 is 1.15 bits per heavy atom. The monoisotopic (exact) mass is 376 g/mol. The second-order valence-electron chi connectivity index (χ2n) is 6.55. The molecule has 2 aromatic heterocycles. The van der Waals surface area contributed by atoms with Crippen molar-refractivity contribution in [3.8, 4) is 11.4 Å². The summed E-state index contributed by atoms with van der Waals surface area (Å²) in [7, 11) is 0. The molecule has 0 atom stereocenters. The quantitative estimate of drug-likeness (QED) is 0.572. The fourth-order valence-electron chi connectivity index (χ4n) is 3.03. The molecule has 0 aliphatic heterocycles. The zero-order valence-corrected chi connectivity index (χ0v) is 16.1. The van der Waals surface area contributed by atoms with Crippen molar-refractivity contribution < 1.29 is 4.79 Å². The van der Waals surface area contributed by atoms with Crippen molar-refractivity contribution in [3.63, 3.8) is 0 Å². The number of aryl methyl sites for hydroxylation is 2. The molecular weight excluding hydrogens is 356 g/mol. The van der Waals surface area contributed by atoms with Crippen LogP contribution in [0.1, 0.15) is 27.2 Å². The van der Waals surface area contributed by atoms with Crippen LogP contribution in [0, 0.1) is 13.8 Å². The second-order valence-corrected chi connectivity index (χ2v) is 7.38. The number of hydrogen-bond donors (Lipinski definition) is 1. The van der Waals surface area contributed by atoms with E-state index in [9.17, 15) is 4.79 Å². The molecule has 0 bridgehead atoms. The SMILES string of the molecule is Cc1cccc(-c2nc3scc(CCNC(=O)c4ccccc4C)n3n2)c1. The van der Waals surface area contributed by atoms with Gasteiger partial charge in [-0.25, -0.2) is 4.52 Å². The van der Waals surface area contributed by atoms with Gasteiger partial charge in [0.25, 0.3) is 5.91 Å². The third-order valence-electron chi connectivity index (χ3n) is 4.48. The summed E-state index contributed by atoms with van der Waals surface area (Å²) in [5.41, 5.74) is 4.95. The third kappa shape index (κ3) is 3.61. The summed E-state index contributed by atoms with van der Waals surface area (Å²) in [6.45, 7) is 4.56. The lowest BCUT2D eigenvalue weighted by Crippen LogP contribution is -2.26. The highest BCUT2D eigenvalue weighted by atomic mass is 32.1. The molecule has 4 rings (SSSR count). The van der Waals surface area contributed by atoms with Gasteiger partial charge in [0, 0.05) is 29.5 Å². The molecule has 0 fully saturated rings. The highest BCUT2D eigenvalue weighted by Gasteiger charge is 2.12. The first kappa shape index (κ1) is 17.4. The molecule has 0 aliphatic carbocycles. The predicted molar refractivity (Wildman–Crippen MR) is 108 cm³/mol. The van der Waals surface area contributed by atoms with Gasteiger partial charge in [-0.2, -0.15) is 4.98 Å². The Kier molecular flexibility index (Phi) is 4.73. The van der Waals surface area contributed by atoms with Crippen molar-refractivity contribution in [2.75, 3.05) is 6.54 Å². The second kappa shape index (κ2) is 7.32. The van der Waals surface area contributed by atoms with Crippen molar-refractivity contribution >= 4 is 22.2 Å². The third-order valence-corrected chi connectivity index (χ3v) is 5.35. The van der Waals surface area contributed by atoms with E-state index < -0.39 is 0 Å². The molecule has 27 heavy (non-hydrogen) atoms. The number of carbonyl (C=O) groups is 1. The molecule has 136 valence electrons. The number of hydrogen-bond acceptors (Lipinski definition) is 4. The summed E-state index contributed by atoms with van der Waals surface area (Å²) in [6, 6.07) is 15.8. The minimum Gasteiger partial charge on any atom is -0.352 e. The molecule has 1 amide bonds. The number of aromatic nitrogens is 3. The van der Waals surface area contributed by atoms with Crippen LogP contribution >= 0.6 is 11.3 Å². The lowest BCUT2D eigenvalue weighted by molar-refractivity contribution is 0.0953. The van der Waals surface area contributed by atoms with Crippen LogP contribution in [0.25, 0.3) is 16.3 Å². The van der Waals surface area contributed by atoms with Crippen molar-refractivity contribution in [1.29, 1.82) is 0 Å². The summed E-state index contributed by atoms with van der Waals surface area (Å²) in [6.07, 6.45) is 0.703. The lowest BCUT2D eigenvalue weighted by Gasteiger charge is -2.07. The van der Waals surface area contributed by atoms with E-state index in [0.717, 1.165) is 33.2 Å². The number of thiazole rings is 1. The van der Waals surface area contributed by atoms with Gasteiger partial charge in [0.15, 0.2) is 5.82 Å². The van der Waals surface area contributed by atoms with Crippen LogP contribution in [0.15, 0.2) is 53.9 Å². The summed E-state index contributed by atoms with van der Waals surface area (Å²) in [4.78, 5) is 17.8. The molecule has 0 aliphatic rings. The fourth-order valence-corrected chi connectivity index (χ4v) is 3.89. The average Bonchev–Trinajstić information content (AvgIpc) is 3.24. The molecule has 0 unspecified atom stereocenters. The molecule has 0 spiro atoms. The maximum absolute atomic E-state index is 12.3. The molecule has 0 radical (unpaired) electrons. The summed E-state index contributed by atoms with van der Waals surface area (Å²) >= 11 is 1.57. The Morgan fingerprint density at radius 2 is 2.00 bits per heavy atom. The number of carbonyl (C=O) groups excluding carboxylic acids is 1. The van der Waals surface area contributed by atoms with E-state index in [4.69, 9.17) is 0 Å². The normalized spacial score (nSPS) is 11.0. The van der Waals surface area contributed by atoms with Crippen LogP contribution in [0.5, 0.6) is 0 Å². The van der Waals surface area contributed by atoms with Crippen molar-refractivity contribution in [3.05, 3.63) is 76.3 Å². The molecule has 5 nitrogen and oxygen atoms in total. The number of amides is 1. The smallest absolute Gasteiger partial charge is 0.251 e. The van der Waals surface area contributed by atoms with Gasteiger partial charge in [-0.15, -0.1) is 16.4 Å². The van der Waals surface area contributed by atoms with Crippen molar-refractivity contribution in [1.82, 2.24) is 19.9 Å². The largest absolute Gasteiger partial charge is 0.352 e. The highest BCUT2D eigenvalue weighted by Crippen LogP contribution is 2.21. The standard InChI is InChI=1S/C21H20N4OS/c1-14-6-5-8-16(12-14)19-23-21-25(24-19)17(13-27-21)10-11-22-20(26)18-9-4-3-7-15(18)2/h3-9,12-13H,10-11H2,1-2H3,(H,22,26). The summed E-state index contributed by atoms with van der Waals surface area (Å²) in [5.74, 6) is 0.689. The lowest BCUT2D eigenvalue weighted by atomic mass is 10.1. The molecule has 2 aromatic carbocycles. The number of benzene rings is 2. The van der Waals surface area contributed by atoms with E-state index in [2.05, 4.69) is 39.8 Å². The first-order chi connectivity index (χ1) is 13.1. The van der Waals surface area contributed by atoms with Crippen LogP contribution in [-0.4, -0.2) is 27.0 Å². The zero-order valence-electron chi connectivity index (χ0n) is 15.3. The van der Waals surface area contributed by atoms with Crippen molar-refractivity contribution in [2.45, 2.75) is 20.3 Å². The van der Waals surface area contributed by atoms with Gasteiger partial charge in [-0.05, 0) is 31.5 Å². The van der Waals surface area contributed by atoms with E-state index in [-0.39, 0.29) is 5.91 Å². The minimum atomic E-state index is -0.0430. The Morgan fingerprint density at radius 3 is 2.81 bits per heavy atom. The van der Waals surface area contributed by atoms with E-state index >= 15 is 0 Å². The van der Waals surface area contributed by atoms with E-state index in [1.807, 2.05) is 47.8 Å². The zero-order chi connectivity index (χ0) is 18.8. The number of nitrogens with zero attached hydrogens (tertiary/aromatic N) is 3. The summed E-state index contributed by atoms with van der Waals surface area (Å²) < 4.78 is 1.88. The first-order valence-electron chi connectivity index (χ1n) is 8.86. The molecule has 2 heterocycles. The Bertz CT molecular complexity index is 1110. The molecule has 1 N–H and O–H groups in total. The maximum Gasteiger partial charge on any atom is 0.251 e. The van der Waals surface area contributed by atoms with Crippen LogP contribution in [0.4, 0.5) is 0 Å². The van der Waals surface area contributed by atoms with E-state index in [1.54, 1.807) is 11.3 Å². The molecule has 0 saturated carbocycles. The Hall–Kier alpha value is -2.99. The summed E-state index contributed by atoms with van der Waals surface area (Å²) in [5, 5.41) is 9.70. The van der Waals surface area contributed by atoms with Gasteiger partial charge in [0.2, 0.25) is 4.96 Å². The molecule has 6 heteroatoms. The highest BCUT2D eigenvalue weighted by molar-refractivity contribution is 7.15. The van der Waals surface area contributed by atoms with Crippen LogP contribution in [-0.2, 0) is 6.42 Å². The number of nitrogens with one attached hydrogen (secondary N) is 1. The van der Waals surface area contributed by atoms with Gasteiger partial charge in [0.05, 0.1) is 5.69 Å². The number of rotatable bonds is 5. The van der Waals surface area contributed by atoms with E-state index in [1.165, 1.54) is 5.56 Å². The molecule has 4 aromatic rings. The Balaban J connectivity index is 1.47. The maximum atomic E-state index is 12.3. The first-order valence-corrected chi connectivity index (χ1v) is 9.74. The van der Waals surface area contributed by atoms with Crippen molar-refractivity contribution in [2.24, 2.45) is 0 Å². The average molecular weight is 376 g/mol. The van der Waals surface area contributed by atoms with Gasteiger partial charge >= 0.3 is 0 Å². The Labute approximate surface area is 161 Å². The fraction of sp³-hybridized carbons (Fsp3) is 0.190. The topological polar surface area (TPSA) is 59.3 Å². The van der Waals surface area contributed by atoms with Gasteiger partial charge in [-0.3, -0.25) is 4.79 Å². The predicted octanol–water partition coefficient (Wildman–Crippen LogP) is 4.05. The minimum absolute atomic E-state index is 0.0430. The molecular formula is C21H20N4OS. The van der Waals surface area contributed by atoms with Gasteiger partial charge < -0.3 is 5.32 Å². The molecule has 0 saturated heterocycles. The number of fused-ring (bicyclic) bond motifs is 1. The van der Waals surface area contributed by atoms with Crippen LogP contribution < -0.4 is 5.32 Å². The van der Waals surface area contributed by atoms with E-state index in [0.29, 0.717) is 13.0 Å². The van der Waals surface area contributed by atoms with Gasteiger partial charge in [0.1, 0.15) is 0 Å². The van der Waals surface area contributed by atoms with Crippen LogP contribution in [0.3, 0.4) is 0 Å². The van der Waals surface area contributed by atoms with Gasteiger partial charge in [-0.1, -0.05) is 42.0 Å². The van der Waals surface area contributed by atoms with Crippen LogP contribution in [0.2, 0.25) is 0 Å².